The Bertz CT molecular complexity index is 337. The van der Waals surface area contributed by atoms with Gasteiger partial charge in [0.2, 0.25) is 0 Å². The van der Waals surface area contributed by atoms with Gasteiger partial charge in [-0.25, -0.2) is 0 Å². The van der Waals surface area contributed by atoms with Crippen molar-refractivity contribution in [3.8, 4) is 5.75 Å². The van der Waals surface area contributed by atoms with Gasteiger partial charge in [-0.05, 0) is 52.7 Å². The monoisotopic (exact) mass is 303 g/mol. The van der Waals surface area contributed by atoms with Crippen molar-refractivity contribution in [2.75, 3.05) is 13.2 Å². The SMILES string of the molecule is [N-]=[N+]=NCCCOc1cccc(I)c1. The number of rotatable bonds is 5. The Kier molecular flexibility index (Phi) is 5.17. The molecule has 0 aliphatic heterocycles. The second kappa shape index (κ2) is 6.50. The zero-order valence-electron chi connectivity index (χ0n) is 7.56. The Morgan fingerprint density at radius 3 is 3.07 bits per heavy atom. The number of halogens is 1. The van der Waals surface area contributed by atoms with Crippen LogP contribution in [0.2, 0.25) is 0 Å². The molecule has 4 nitrogen and oxygen atoms in total. The number of benzene rings is 1. The van der Waals surface area contributed by atoms with Gasteiger partial charge in [-0.1, -0.05) is 11.2 Å². The predicted octanol–water partition coefficient (Wildman–Crippen LogP) is 3.37. The molecule has 0 saturated carbocycles. The largest absolute Gasteiger partial charge is 0.494 e. The normalized spacial score (nSPS) is 9.21. The van der Waals surface area contributed by atoms with Crippen LogP contribution in [0.5, 0.6) is 5.75 Å². The van der Waals surface area contributed by atoms with Gasteiger partial charge in [-0.15, -0.1) is 0 Å². The number of azide groups is 1. The fourth-order valence-corrected chi connectivity index (χ4v) is 1.44. The minimum absolute atomic E-state index is 0.487. The first-order valence-electron chi connectivity index (χ1n) is 4.22. The van der Waals surface area contributed by atoms with E-state index in [9.17, 15) is 0 Å². The average molecular weight is 303 g/mol. The molecule has 74 valence electrons. The van der Waals surface area contributed by atoms with Crippen molar-refractivity contribution in [2.24, 2.45) is 5.11 Å². The molecular formula is C9H10IN3O. The molecule has 0 heterocycles. The van der Waals surface area contributed by atoms with Gasteiger partial charge in [-0.2, -0.15) is 0 Å². The molecule has 0 saturated heterocycles. The molecule has 0 aliphatic carbocycles. The Morgan fingerprint density at radius 1 is 1.50 bits per heavy atom. The molecule has 0 N–H and O–H groups in total. The van der Waals surface area contributed by atoms with Crippen molar-refractivity contribution < 1.29 is 4.74 Å². The molecule has 0 unspecified atom stereocenters. The Hall–Kier alpha value is -0.940. The van der Waals surface area contributed by atoms with Crippen molar-refractivity contribution in [1.29, 1.82) is 0 Å². The maximum absolute atomic E-state index is 8.04. The summed E-state index contributed by atoms with van der Waals surface area (Å²) >= 11 is 2.23. The van der Waals surface area contributed by atoms with E-state index in [-0.39, 0.29) is 0 Å². The Labute approximate surface area is 96.0 Å². The topological polar surface area (TPSA) is 58.0 Å². The van der Waals surface area contributed by atoms with E-state index in [4.69, 9.17) is 10.3 Å². The number of hydrogen-bond acceptors (Lipinski definition) is 2. The van der Waals surface area contributed by atoms with Crippen LogP contribution in [0.1, 0.15) is 6.42 Å². The van der Waals surface area contributed by atoms with Crippen LogP contribution in [0.4, 0.5) is 0 Å². The summed E-state index contributed by atoms with van der Waals surface area (Å²) in [7, 11) is 0. The molecule has 1 aromatic carbocycles. The Morgan fingerprint density at radius 2 is 2.36 bits per heavy atom. The van der Waals surface area contributed by atoms with E-state index in [1.165, 1.54) is 0 Å². The van der Waals surface area contributed by atoms with E-state index in [0.29, 0.717) is 13.2 Å². The quantitative estimate of drug-likeness (QED) is 0.270. The van der Waals surface area contributed by atoms with Crippen LogP contribution in [0.25, 0.3) is 10.4 Å². The molecule has 0 aromatic heterocycles. The highest BCUT2D eigenvalue weighted by molar-refractivity contribution is 14.1. The third-order valence-corrected chi connectivity index (χ3v) is 2.20. The van der Waals surface area contributed by atoms with E-state index in [2.05, 4.69) is 32.6 Å². The van der Waals surface area contributed by atoms with Gasteiger partial charge in [0.15, 0.2) is 0 Å². The van der Waals surface area contributed by atoms with E-state index >= 15 is 0 Å². The van der Waals surface area contributed by atoms with Crippen molar-refractivity contribution in [3.05, 3.63) is 38.3 Å². The van der Waals surface area contributed by atoms with Gasteiger partial charge in [0.05, 0.1) is 6.61 Å². The van der Waals surface area contributed by atoms with Gasteiger partial charge in [0.25, 0.3) is 0 Å². The van der Waals surface area contributed by atoms with Gasteiger partial charge >= 0.3 is 0 Å². The summed E-state index contributed by atoms with van der Waals surface area (Å²) in [5.41, 5.74) is 8.04. The summed E-state index contributed by atoms with van der Waals surface area (Å²) in [6.45, 7) is 1.07. The first-order chi connectivity index (χ1) is 6.83. The third kappa shape index (κ3) is 4.34. The van der Waals surface area contributed by atoms with E-state index in [0.717, 1.165) is 15.7 Å². The molecule has 0 aliphatic rings. The highest BCUT2D eigenvalue weighted by atomic mass is 127. The minimum Gasteiger partial charge on any atom is -0.494 e. The van der Waals surface area contributed by atoms with Crippen molar-refractivity contribution in [1.82, 2.24) is 0 Å². The van der Waals surface area contributed by atoms with Crippen LogP contribution in [0.3, 0.4) is 0 Å². The molecule has 5 heteroatoms. The van der Waals surface area contributed by atoms with Crippen molar-refractivity contribution in [2.45, 2.75) is 6.42 Å². The smallest absolute Gasteiger partial charge is 0.120 e. The van der Waals surface area contributed by atoms with Crippen LogP contribution in [0, 0.1) is 3.57 Å². The lowest BCUT2D eigenvalue weighted by Gasteiger charge is -2.04. The molecule has 0 amide bonds. The summed E-state index contributed by atoms with van der Waals surface area (Å²) in [6, 6.07) is 7.84. The minimum atomic E-state index is 0.487. The van der Waals surface area contributed by atoms with E-state index in [1.54, 1.807) is 0 Å². The van der Waals surface area contributed by atoms with Crippen LogP contribution < -0.4 is 4.74 Å². The molecule has 1 rings (SSSR count). The molecule has 14 heavy (non-hydrogen) atoms. The summed E-state index contributed by atoms with van der Waals surface area (Å²) in [4.78, 5) is 2.66. The maximum Gasteiger partial charge on any atom is 0.120 e. The van der Waals surface area contributed by atoms with Crippen LogP contribution >= 0.6 is 22.6 Å². The fourth-order valence-electron chi connectivity index (χ4n) is 0.927. The second-order valence-electron chi connectivity index (χ2n) is 2.61. The maximum atomic E-state index is 8.04. The van der Waals surface area contributed by atoms with Gasteiger partial charge in [-0.3, -0.25) is 0 Å². The standard InChI is InChI=1S/C9H10IN3O/c10-8-3-1-4-9(7-8)14-6-2-5-12-13-11/h1,3-4,7H,2,5-6H2. The molecule has 1 aromatic rings. The van der Waals surface area contributed by atoms with Crippen LogP contribution in [-0.2, 0) is 0 Å². The fraction of sp³-hybridized carbons (Fsp3) is 0.333. The molecule has 0 atom stereocenters. The first kappa shape index (κ1) is 11.1. The lowest BCUT2D eigenvalue weighted by molar-refractivity contribution is 0.313. The summed E-state index contributed by atoms with van der Waals surface area (Å²) in [5.74, 6) is 0.859. The third-order valence-electron chi connectivity index (χ3n) is 1.53. The Balaban J connectivity index is 2.27. The lowest BCUT2D eigenvalue weighted by atomic mass is 10.3. The average Bonchev–Trinajstić information content (AvgIpc) is 2.18. The zero-order valence-corrected chi connectivity index (χ0v) is 9.72. The van der Waals surface area contributed by atoms with Gasteiger partial charge in [0, 0.05) is 15.0 Å². The first-order valence-corrected chi connectivity index (χ1v) is 5.30. The molecule has 0 radical (unpaired) electrons. The van der Waals surface area contributed by atoms with Crippen molar-refractivity contribution in [3.63, 3.8) is 0 Å². The predicted molar refractivity (Wildman–Crippen MR) is 63.3 cm³/mol. The number of hydrogen-bond donors (Lipinski definition) is 0. The highest BCUT2D eigenvalue weighted by Crippen LogP contribution is 2.14. The highest BCUT2D eigenvalue weighted by Gasteiger charge is 1.93. The number of nitrogens with zero attached hydrogens (tertiary/aromatic N) is 3. The van der Waals surface area contributed by atoms with Crippen LogP contribution in [0.15, 0.2) is 29.4 Å². The molecule has 0 spiro atoms. The van der Waals surface area contributed by atoms with E-state index in [1.807, 2.05) is 24.3 Å². The van der Waals surface area contributed by atoms with Crippen LogP contribution in [-0.4, -0.2) is 13.2 Å². The van der Waals surface area contributed by atoms with E-state index < -0.39 is 0 Å². The second-order valence-corrected chi connectivity index (χ2v) is 3.86. The van der Waals surface area contributed by atoms with Crippen molar-refractivity contribution >= 4 is 22.6 Å². The zero-order chi connectivity index (χ0) is 10.2. The molecular weight excluding hydrogens is 293 g/mol. The lowest BCUT2D eigenvalue weighted by Crippen LogP contribution is -1.98. The van der Waals surface area contributed by atoms with Gasteiger partial charge < -0.3 is 4.74 Å². The molecule has 0 fully saturated rings. The summed E-state index contributed by atoms with van der Waals surface area (Å²) in [6.07, 6.45) is 0.746. The molecule has 0 bridgehead atoms. The summed E-state index contributed by atoms with van der Waals surface area (Å²) in [5, 5.41) is 3.42. The summed E-state index contributed by atoms with van der Waals surface area (Å²) < 4.78 is 6.59. The number of ether oxygens (including phenoxy) is 1. The van der Waals surface area contributed by atoms with Gasteiger partial charge in [0.1, 0.15) is 5.75 Å².